The van der Waals surface area contributed by atoms with E-state index in [1.807, 2.05) is 13.8 Å². The van der Waals surface area contributed by atoms with E-state index in [1.165, 1.54) is 12.1 Å². The first kappa shape index (κ1) is 11.0. The lowest BCUT2D eigenvalue weighted by atomic mass is 10.0. The molecule has 0 saturated heterocycles. The van der Waals surface area contributed by atoms with Crippen molar-refractivity contribution >= 4 is 17.5 Å². The summed E-state index contributed by atoms with van der Waals surface area (Å²) in [5, 5.41) is 3.78. The van der Waals surface area contributed by atoms with Gasteiger partial charge in [0.15, 0.2) is 0 Å². The number of halogens is 2. The van der Waals surface area contributed by atoms with E-state index < -0.39 is 5.82 Å². The van der Waals surface area contributed by atoms with Crippen molar-refractivity contribution in [1.29, 1.82) is 0 Å². The fourth-order valence-electron chi connectivity index (χ4n) is 1.55. The molecule has 1 aromatic carbocycles. The molecule has 3 nitrogen and oxygen atoms in total. The number of aryl methyl sites for hydroxylation is 1. The lowest BCUT2D eigenvalue weighted by Crippen LogP contribution is -1.92. The standard InChI is InChI=1S/C11H10ClFN2O/c1-5-3-7(13)11(12)10(6(5)2)8-4-9(14)16-15-8/h3-4H,14H2,1-2H3. The van der Waals surface area contributed by atoms with E-state index in [2.05, 4.69) is 5.16 Å². The SMILES string of the molecule is Cc1cc(F)c(Cl)c(-c2cc(N)on2)c1C. The summed E-state index contributed by atoms with van der Waals surface area (Å²) in [6.45, 7) is 3.66. The molecule has 0 radical (unpaired) electrons. The lowest BCUT2D eigenvalue weighted by molar-refractivity contribution is 0.439. The summed E-state index contributed by atoms with van der Waals surface area (Å²) in [5.41, 5.74) is 8.07. The number of hydrogen-bond acceptors (Lipinski definition) is 3. The Morgan fingerprint density at radius 2 is 2.06 bits per heavy atom. The first-order valence-electron chi connectivity index (χ1n) is 4.68. The van der Waals surface area contributed by atoms with Crippen molar-refractivity contribution in [3.8, 4) is 11.3 Å². The van der Waals surface area contributed by atoms with Crippen LogP contribution in [0.2, 0.25) is 5.02 Å². The third-order valence-electron chi connectivity index (χ3n) is 2.52. The second-order valence-electron chi connectivity index (χ2n) is 3.60. The highest BCUT2D eigenvalue weighted by Gasteiger charge is 2.16. The van der Waals surface area contributed by atoms with E-state index in [1.54, 1.807) is 0 Å². The number of aromatic nitrogens is 1. The molecule has 0 aliphatic heterocycles. The molecule has 2 rings (SSSR count). The van der Waals surface area contributed by atoms with Crippen LogP contribution in [-0.4, -0.2) is 5.16 Å². The van der Waals surface area contributed by atoms with E-state index >= 15 is 0 Å². The number of anilines is 1. The molecule has 84 valence electrons. The van der Waals surface area contributed by atoms with E-state index in [0.29, 0.717) is 11.3 Å². The average molecular weight is 241 g/mol. The highest BCUT2D eigenvalue weighted by Crippen LogP contribution is 2.34. The molecular formula is C11H10ClFN2O. The Kier molecular flexibility index (Phi) is 2.59. The number of hydrogen-bond donors (Lipinski definition) is 1. The van der Waals surface area contributed by atoms with Gasteiger partial charge in [0, 0.05) is 11.6 Å². The molecule has 0 amide bonds. The largest absolute Gasteiger partial charge is 0.368 e. The van der Waals surface area contributed by atoms with E-state index in [-0.39, 0.29) is 10.9 Å². The third-order valence-corrected chi connectivity index (χ3v) is 2.89. The van der Waals surface area contributed by atoms with Gasteiger partial charge in [-0.3, -0.25) is 0 Å². The van der Waals surface area contributed by atoms with E-state index in [9.17, 15) is 4.39 Å². The van der Waals surface area contributed by atoms with E-state index in [4.69, 9.17) is 21.9 Å². The maximum absolute atomic E-state index is 13.5. The second kappa shape index (κ2) is 3.79. The van der Waals surface area contributed by atoms with Gasteiger partial charge in [-0.25, -0.2) is 4.39 Å². The summed E-state index contributed by atoms with van der Waals surface area (Å²) in [5.74, 6) is -0.297. The van der Waals surface area contributed by atoms with Crippen LogP contribution in [0.25, 0.3) is 11.3 Å². The minimum Gasteiger partial charge on any atom is -0.368 e. The quantitative estimate of drug-likeness (QED) is 0.832. The smallest absolute Gasteiger partial charge is 0.222 e. The second-order valence-corrected chi connectivity index (χ2v) is 3.98. The normalized spacial score (nSPS) is 10.8. The number of nitrogens with zero attached hydrogens (tertiary/aromatic N) is 1. The summed E-state index contributed by atoms with van der Waals surface area (Å²) >= 11 is 5.92. The average Bonchev–Trinajstić information content (AvgIpc) is 2.62. The minimum atomic E-state index is -0.471. The van der Waals surface area contributed by atoms with Gasteiger partial charge in [0.05, 0.1) is 5.02 Å². The van der Waals surface area contributed by atoms with Gasteiger partial charge in [-0.2, -0.15) is 0 Å². The summed E-state index contributed by atoms with van der Waals surface area (Å²) in [7, 11) is 0. The van der Waals surface area contributed by atoms with Crippen LogP contribution in [0.4, 0.5) is 10.3 Å². The Hall–Kier alpha value is -1.55. The summed E-state index contributed by atoms with van der Waals surface area (Å²) in [6, 6.07) is 2.91. The zero-order valence-corrected chi connectivity index (χ0v) is 9.60. The Labute approximate surface area is 97.0 Å². The predicted molar refractivity (Wildman–Crippen MR) is 60.8 cm³/mol. The number of nitrogen functional groups attached to an aromatic ring is 1. The van der Waals surface area contributed by atoms with Crippen LogP contribution in [0.5, 0.6) is 0 Å². The van der Waals surface area contributed by atoms with Gasteiger partial charge >= 0.3 is 0 Å². The van der Waals surface area contributed by atoms with Gasteiger partial charge in [0.1, 0.15) is 11.5 Å². The maximum Gasteiger partial charge on any atom is 0.222 e. The molecule has 0 aliphatic rings. The Morgan fingerprint density at radius 3 is 2.62 bits per heavy atom. The molecule has 1 heterocycles. The summed E-state index contributed by atoms with van der Waals surface area (Å²) < 4.78 is 18.2. The zero-order valence-electron chi connectivity index (χ0n) is 8.84. The Balaban J connectivity index is 2.73. The topological polar surface area (TPSA) is 52.0 Å². The fourth-order valence-corrected chi connectivity index (χ4v) is 1.85. The van der Waals surface area contributed by atoms with Gasteiger partial charge in [0.25, 0.3) is 0 Å². The molecule has 0 saturated carbocycles. The van der Waals surface area contributed by atoms with Crippen molar-refractivity contribution < 1.29 is 8.91 Å². The van der Waals surface area contributed by atoms with Gasteiger partial charge in [-0.05, 0) is 31.0 Å². The molecule has 0 bridgehead atoms. The van der Waals surface area contributed by atoms with Gasteiger partial charge < -0.3 is 10.3 Å². The van der Waals surface area contributed by atoms with Crippen molar-refractivity contribution in [2.24, 2.45) is 0 Å². The van der Waals surface area contributed by atoms with Crippen LogP contribution in [0.3, 0.4) is 0 Å². The highest BCUT2D eigenvalue weighted by atomic mass is 35.5. The predicted octanol–water partition coefficient (Wildman–Crippen LogP) is 3.33. The maximum atomic E-state index is 13.5. The zero-order chi connectivity index (χ0) is 11.9. The molecule has 5 heteroatoms. The van der Waals surface area contributed by atoms with Gasteiger partial charge in [-0.15, -0.1) is 0 Å². The number of rotatable bonds is 1. The minimum absolute atomic E-state index is 0.0383. The van der Waals surface area contributed by atoms with Crippen molar-refractivity contribution in [2.75, 3.05) is 5.73 Å². The monoisotopic (exact) mass is 240 g/mol. The van der Waals surface area contributed by atoms with Crippen LogP contribution in [-0.2, 0) is 0 Å². The van der Waals surface area contributed by atoms with Crippen molar-refractivity contribution in [3.05, 3.63) is 34.1 Å². The molecule has 0 atom stereocenters. The molecule has 0 fully saturated rings. The highest BCUT2D eigenvalue weighted by molar-refractivity contribution is 6.33. The van der Waals surface area contributed by atoms with Gasteiger partial charge in [-0.1, -0.05) is 16.8 Å². The molecule has 2 N–H and O–H groups in total. The lowest BCUT2D eigenvalue weighted by Gasteiger charge is -2.09. The molecular weight excluding hydrogens is 231 g/mol. The van der Waals surface area contributed by atoms with Crippen LogP contribution >= 0.6 is 11.6 Å². The molecule has 0 spiro atoms. The van der Waals surface area contributed by atoms with Crippen molar-refractivity contribution in [2.45, 2.75) is 13.8 Å². The molecule has 0 unspecified atom stereocenters. The van der Waals surface area contributed by atoms with Crippen LogP contribution in [0.1, 0.15) is 11.1 Å². The first-order valence-corrected chi connectivity index (χ1v) is 5.06. The summed E-state index contributed by atoms with van der Waals surface area (Å²) in [6.07, 6.45) is 0. The molecule has 2 aromatic rings. The summed E-state index contributed by atoms with van der Waals surface area (Å²) in [4.78, 5) is 0. The van der Waals surface area contributed by atoms with Gasteiger partial charge in [0.2, 0.25) is 5.88 Å². The van der Waals surface area contributed by atoms with Crippen molar-refractivity contribution in [3.63, 3.8) is 0 Å². The first-order chi connectivity index (χ1) is 7.50. The Bertz CT molecular complexity index is 525. The van der Waals surface area contributed by atoms with E-state index in [0.717, 1.165) is 11.1 Å². The fraction of sp³-hybridized carbons (Fsp3) is 0.182. The number of nitrogens with two attached hydrogens (primary N) is 1. The third kappa shape index (κ3) is 1.65. The Morgan fingerprint density at radius 1 is 1.38 bits per heavy atom. The number of benzene rings is 1. The molecule has 1 aromatic heterocycles. The van der Waals surface area contributed by atoms with Crippen LogP contribution < -0.4 is 5.73 Å². The molecule has 0 aliphatic carbocycles. The van der Waals surface area contributed by atoms with Crippen LogP contribution in [0, 0.1) is 19.7 Å². The van der Waals surface area contributed by atoms with Crippen LogP contribution in [0.15, 0.2) is 16.7 Å². The van der Waals surface area contributed by atoms with Crippen molar-refractivity contribution in [1.82, 2.24) is 5.16 Å². The molecule has 16 heavy (non-hydrogen) atoms.